The molecule has 1 atom stereocenters. The maximum Gasteiger partial charge on any atom is 0.322 e. The molecule has 4 heteroatoms. The lowest BCUT2D eigenvalue weighted by molar-refractivity contribution is -0.153. The number of hydrogen-bond donors (Lipinski definition) is 0. The molecule has 1 unspecified atom stereocenters. The van der Waals surface area contributed by atoms with Gasteiger partial charge in [0.2, 0.25) is 0 Å². The topological polar surface area (TPSA) is 20.3 Å². The molecule has 0 spiro atoms. The van der Waals surface area contributed by atoms with Crippen LogP contribution in [-0.4, -0.2) is 22.8 Å². The summed E-state index contributed by atoms with van der Waals surface area (Å²) >= 11 is 0. The minimum atomic E-state index is -3.29. The van der Waals surface area contributed by atoms with Gasteiger partial charge in [-0.15, -0.1) is 0 Å². The Bertz CT molecular complexity index is 244. The van der Waals surface area contributed by atoms with Crippen molar-refractivity contribution in [1.82, 2.24) is 4.90 Å². The van der Waals surface area contributed by atoms with Gasteiger partial charge in [-0.1, -0.05) is 6.58 Å². The van der Waals surface area contributed by atoms with Gasteiger partial charge in [0.1, 0.15) is 0 Å². The molecule has 1 aliphatic rings. The van der Waals surface area contributed by atoms with Crippen LogP contribution >= 0.6 is 0 Å². The summed E-state index contributed by atoms with van der Waals surface area (Å²) in [5.41, 5.74) is 0.499. The second kappa shape index (κ2) is 3.09. The van der Waals surface area contributed by atoms with Gasteiger partial charge in [0.05, 0.1) is 0 Å². The number of likely N-dealkylation sites (tertiary alicyclic amines) is 1. The van der Waals surface area contributed by atoms with E-state index in [-0.39, 0.29) is 6.04 Å². The molecule has 0 aromatic heterocycles. The molecule has 1 fully saturated rings. The third kappa shape index (κ3) is 1.87. The van der Waals surface area contributed by atoms with Crippen molar-refractivity contribution >= 4 is 5.91 Å². The zero-order valence-electron chi connectivity index (χ0n) is 7.81. The lowest BCUT2D eigenvalue weighted by Gasteiger charge is -2.25. The summed E-state index contributed by atoms with van der Waals surface area (Å²) in [6.45, 7) is 5.96. The van der Waals surface area contributed by atoms with Crippen molar-refractivity contribution in [2.75, 3.05) is 0 Å². The van der Waals surface area contributed by atoms with Crippen LogP contribution in [0.25, 0.3) is 0 Å². The summed E-state index contributed by atoms with van der Waals surface area (Å²) in [4.78, 5) is 12.3. The van der Waals surface area contributed by atoms with E-state index in [1.54, 1.807) is 6.92 Å². The number of halogens is 2. The van der Waals surface area contributed by atoms with Crippen molar-refractivity contribution in [1.29, 1.82) is 0 Å². The smallest absolute Gasteiger partial charge is 0.309 e. The summed E-state index contributed by atoms with van der Waals surface area (Å²) < 4.78 is 25.4. The number of amides is 1. The molecule has 1 amide bonds. The van der Waals surface area contributed by atoms with Crippen molar-refractivity contribution in [2.24, 2.45) is 0 Å². The minimum Gasteiger partial charge on any atom is -0.309 e. The summed E-state index contributed by atoms with van der Waals surface area (Å²) in [5, 5.41) is 0. The van der Waals surface area contributed by atoms with Gasteiger partial charge in [-0.2, -0.15) is 8.78 Å². The molecule has 0 radical (unpaired) electrons. The SMILES string of the molecule is C=C1CCC(C)N1C(=O)C(C)(F)F. The van der Waals surface area contributed by atoms with Crippen molar-refractivity contribution in [3.8, 4) is 0 Å². The number of carbonyl (C=O) groups excluding carboxylic acids is 1. The minimum absolute atomic E-state index is 0.147. The molecular weight excluding hydrogens is 176 g/mol. The van der Waals surface area contributed by atoms with Crippen LogP contribution in [0.3, 0.4) is 0 Å². The number of carbonyl (C=O) groups is 1. The van der Waals surface area contributed by atoms with Crippen LogP contribution in [0.4, 0.5) is 8.78 Å². The van der Waals surface area contributed by atoms with E-state index in [1.165, 1.54) is 0 Å². The number of alkyl halides is 2. The van der Waals surface area contributed by atoms with Crippen molar-refractivity contribution in [3.63, 3.8) is 0 Å². The van der Waals surface area contributed by atoms with Crippen LogP contribution in [0.15, 0.2) is 12.3 Å². The molecule has 0 saturated carbocycles. The molecule has 74 valence electrons. The Balaban J connectivity index is 2.82. The van der Waals surface area contributed by atoms with Gasteiger partial charge in [0.15, 0.2) is 0 Å². The molecule has 0 aromatic carbocycles. The van der Waals surface area contributed by atoms with Gasteiger partial charge >= 0.3 is 5.92 Å². The fourth-order valence-corrected chi connectivity index (χ4v) is 1.49. The summed E-state index contributed by atoms with van der Waals surface area (Å²) in [6.07, 6.45) is 1.35. The average Bonchev–Trinajstić information content (AvgIpc) is 2.28. The van der Waals surface area contributed by atoms with E-state index < -0.39 is 11.8 Å². The number of rotatable bonds is 1. The van der Waals surface area contributed by atoms with E-state index in [0.29, 0.717) is 19.0 Å². The van der Waals surface area contributed by atoms with Gasteiger partial charge in [-0.25, -0.2) is 0 Å². The first kappa shape index (κ1) is 10.2. The second-order valence-corrected chi connectivity index (χ2v) is 3.52. The first-order chi connectivity index (χ1) is 5.84. The predicted molar refractivity (Wildman–Crippen MR) is 45.3 cm³/mol. The van der Waals surface area contributed by atoms with Gasteiger partial charge in [0, 0.05) is 18.7 Å². The standard InChI is InChI=1S/C9H13F2NO/c1-6-4-5-7(2)12(6)8(13)9(3,10)11/h7H,1,4-5H2,2-3H3. The fraction of sp³-hybridized carbons (Fsp3) is 0.667. The Morgan fingerprint density at radius 3 is 2.54 bits per heavy atom. The summed E-state index contributed by atoms with van der Waals surface area (Å²) in [5.74, 6) is -4.43. The number of hydrogen-bond acceptors (Lipinski definition) is 1. The molecule has 13 heavy (non-hydrogen) atoms. The Hall–Kier alpha value is -0.930. The molecule has 0 aliphatic carbocycles. The van der Waals surface area contributed by atoms with Crippen LogP contribution in [0, 0.1) is 0 Å². The van der Waals surface area contributed by atoms with Crippen molar-refractivity contribution < 1.29 is 13.6 Å². The van der Waals surface area contributed by atoms with Crippen molar-refractivity contribution in [3.05, 3.63) is 12.3 Å². The van der Waals surface area contributed by atoms with Crippen LogP contribution < -0.4 is 0 Å². The Morgan fingerprint density at radius 1 is 1.69 bits per heavy atom. The maximum absolute atomic E-state index is 12.7. The third-order valence-corrected chi connectivity index (χ3v) is 2.23. The van der Waals surface area contributed by atoms with E-state index in [0.717, 1.165) is 11.3 Å². The van der Waals surface area contributed by atoms with Crippen LogP contribution in [-0.2, 0) is 4.79 Å². The predicted octanol–water partition coefficient (Wildman–Crippen LogP) is 2.17. The highest BCUT2D eigenvalue weighted by Crippen LogP contribution is 2.30. The van der Waals surface area contributed by atoms with Crippen LogP contribution in [0.1, 0.15) is 26.7 Å². The lowest BCUT2D eigenvalue weighted by Crippen LogP contribution is -2.42. The van der Waals surface area contributed by atoms with E-state index in [9.17, 15) is 13.6 Å². The lowest BCUT2D eigenvalue weighted by atomic mass is 10.2. The molecule has 0 aromatic rings. The fourth-order valence-electron chi connectivity index (χ4n) is 1.49. The van der Waals surface area contributed by atoms with Gasteiger partial charge in [0.25, 0.3) is 5.91 Å². The molecule has 1 rings (SSSR count). The monoisotopic (exact) mass is 189 g/mol. The Labute approximate surface area is 76.2 Å². The number of allylic oxidation sites excluding steroid dienone is 1. The quantitative estimate of drug-likeness (QED) is 0.619. The highest BCUT2D eigenvalue weighted by atomic mass is 19.3. The largest absolute Gasteiger partial charge is 0.322 e. The van der Waals surface area contributed by atoms with E-state index in [4.69, 9.17) is 0 Å². The van der Waals surface area contributed by atoms with Gasteiger partial charge < -0.3 is 4.90 Å². The highest BCUT2D eigenvalue weighted by Gasteiger charge is 2.41. The van der Waals surface area contributed by atoms with E-state index in [2.05, 4.69) is 6.58 Å². The second-order valence-electron chi connectivity index (χ2n) is 3.52. The van der Waals surface area contributed by atoms with Crippen LogP contribution in [0.5, 0.6) is 0 Å². The Kier molecular flexibility index (Phi) is 2.41. The maximum atomic E-state index is 12.7. The molecule has 0 N–H and O–H groups in total. The molecule has 1 aliphatic heterocycles. The highest BCUT2D eigenvalue weighted by molar-refractivity contribution is 5.85. The summed E-state index contributed by atoms with van der Waals surface area (Å²) in [7, 11) is 0. The van der Waals surface area contributed by atoms with Gasteiger partial charge in [-0.05, 0) is 19.8 Å². The molecular formula is C9H13F2NO. The zero-order valence-corrected chi connectivity index (χ0v) is 7.81. The van der Waals surface area contributed by atoms with E-state index in [1.807, 2.05) is 0 Å². The molecule has 1 heterocycles. The van der Waals surface area contributed by atoms with E-state index >= 15 is 0 Å². The zero-order chi connectivity index (χ0) is 10.2. The average molecular weight is 189 g/mol. The first-order valence-electron chi connectivity index (χ1n) is 4.23. The number of nitrogens with zero attached hydrogens (tertiary/aromatic N) is 1. The van der Waals surface area contributed by atoms with Crippen molar-refractivity contribution in [2.45, 2.75) is 38.7 Å². The normalized spacial score (nSPS) is 23.8. The first-order valence-corrected chi connectivity index (χ1v) is 4.23. The third-order valence-electron chi connectivity index (χ3n) is 2.23. The summed E-state index contributed by atoms with van der Waals surface area (Å²) in [6, 6.07) is -0.147. The van der Waals surface area contributed by atoms with Gasteiger partial charge in [-0.3, -0.25) is 4.79 Å². The molecule has 1 saturated heterocycles. The molecule has 0 bridgehead atoms. The van der Waals surface area contributed by atoms with Crippen LogP contribution in [0.2, 0.25) is 0 Å². The Morgan fingerprint density at radius 2 is 2.23 bits per heavy atom. The molecule has 2 nitrogen and oxygen atoms in total.